The van der Waals surface area contributed by atoms with Crippen LogP contribution in [-0.2, 0) is 0 Å². The maximum absolute atomic E-state index is 13.0. The molecule has 19 heavy (non-hydrogen) atoms. The molecule has 3 nitrogen and oxygen atoms in total. The van der Waals surface area contributed by atoms with E-state index < -0.39 is 0 Å². The molecule has 0 aliphatic rings. The number of rotatable bonds is 2. The van der Waals surface area contributed by atoms with E-state index in [0.29, 0.717) is 16.9 Å². The van der Waals surface area contributed by atoms with Gasteiger partial charge in [-0.3, -0.25) is 4.79 Å². The minimum absolute atomic E-state index is 0.208. The van der Waals surface area contributed by atoms with Gasteiger partial charge in [-0.05, 0) is 42.8 Å². The van der Waals surface area contributed by atoms with Crippen molar-refractivity contribution in [1.82, 2.24) is 0 Å². The number of benzene rings is 2. The molecule has 0 aromatic heterocycles. The summed E-state index contributed by atoms with van der Waals surface area (Å²) >= 11 is 5.97. The second-order valence-corrected chi connectivity index (χ2v) is 4.50. The van der Waals surface area contributed by atoms with Gasteiger partial charge in [0, 0.05) is 5.69 Å². The van der Waals surface area contributed by atoms with Crippen molar-refractivity contribution < 1.29 is 9.18 Å². The Morgan fingerprint density at radius 1 is 1.32 bits per heavy atom. The summed E-state index contributed by atoms with van der Waals surface area (Å²) in [5.74, 6) is -0.732. The highest BCUT2D eigenvalue weighted by atomic mass is 35.5. The third-order valence-electron chi connectivity index (χ3n) is 2.71. The number of carbonyl (C=O) groups is 1. The Kier molecular flexibility index (Phi) is 3.71. The monoisotopic (exact) mass is 278 g/mol. The number of anilines is 2. The van der Waals surface area contributed by atoms with Crippen molar-refractivity contribution in [2.45, 2.75) is 6.92 Å². The van der Waals surface area contributed by atoms with E-state index in [-0.39, 0.29) is 22.3 Å². The van der Waals surface area contributed by atoms with Gasteiger partial charge in [0.1, 0.15) is 5.82 Å². The molecule has 98 valence electrons. The fourth-order valence-electron chi connectivity index (χ4n) is 1.68. The molecule has 0 heterocycles. The van der Waals surface area contributed by atoms with Gasteiger partial charge in [-0.15, -0.1) is 0 Å². The molecule has 0 unspecified atom stereocenters. The van der Waals surface area contributed by atoms with Crippen LogP contribution in [0.25, 0.3) is 0 Å². The number of nitrogens with one attached hydrogen (secondary N) is 1. The van der Waals surface area contributed by atoms with Crippen molar-refractivity contribution in [2.24, 2.45) is 0 Å². The van der Waals surface area contributed by atoms with Gasteiger partial charge >= 0.3 is 0 Å². The first-order chi connectivity index (χ1) is 8.99. The summed E-state index contributed by atoms with van der Waals surface area (Å²) in [6, 6.07) is 8.96. The minimum atomic E-state index is -0.382. The molecule has 0 atom stereocenters. The SMILES string of the molecule is Cc1cc(F)ccc1NC(=O)c1cccc(N)c1Cl. The minimum Gasteiger partial charge on any atom is -0.398 e. The maximum Gasteiger partial charge on any atom is 0.257 e. The topological polar surface area (TPSA) is 55.1 Å². The number of halogens is 2. The number of nitrogens with two attached hydrogens (primary N) is 1. The normalized spacial score (nSPS) is 10.3. The predicted molar refractivity (Wildman–Crippen MR) is 75.0 cm³/mol. The summed E-state index contributed by atoms with van der Waals surface area (Å²) in [7, 11) is 0. The predicted octanol–water partition coefficient (Wildman–Crippen LogP) is 3.62. The van der Waals surface area contributed by atoms with Crippen LogP contribution < -0.4 is 11.1 Å². The fourth-order valence-corrected chi connectivity index (χ4v) is 1.89. The first-order valence-corrected chi connectivity index (χ1v) is 5.98. The molecule has 2 aromatic carbocycles. The molecule has 0 aliphatic heterocycles. The average Bonchev–Trinajstić information content (AvgIpc) is 2.36. The number of aryl methyl sites for hydroxylation is 1. The first kappa shape index (κ1) is 13.4. The molecule has 3 N–H and O–H groups in total. The van der Waals surface area contributed by atoms with Crippen LogP contribution in [0, 0.1) is 12.7 Å². The van der Waals surface area contributed by atoms with Crippen molar-refractivity contribution in [2.75, 3.05) is 11.1 Å². The van der Waals surface area contributed by atoms with Crippen molar-refractivity contribution in [3.05, 3.63) is 58.4 Å². The molecular weight excluding hydrogens is 267 g/mol. The van der Waals surface area contributed by atoms with Crippen molar-refractivity contribution in [3.8, 4) is 0 Å². The van der Waals surface area contributed by atoms with Gasteiger partial charge in [0.15, 0.2) is 0 Å². The van der Waals surface area contributed by atoms with Gasteiger partial charge < -0.3 is 11.1 Å². The van der Waals surface area contributed by atoms with E-state index >= 15 is 0 Å². The molecule has 0 radical (unpaired) electrons. The number of carbonyl (C=O) groups excluding carboxylic acids is 1. The molecule has 2 aromatic rings. The summed E-state index contributed by atoms with van der Waals surface area (Å²) in [5, 5.41) is 2.88. The van der Waals surface area contributed by atoms with E-state index in [1.165, 1.54) is 18.2 Å². The average molecular weight is 279 g/mol. The van der Waals surface area contributed by atoms with E-state index in [0.717, 1.165) is 0 Å². The molecule has 0 spiro atoms. The maximum atomic E-state index is 13.0. The third-order valence-corrected chi connectivity index (χ3v) is 3.13. The summed E-state index contributed by atoms with van der Waals surface area (Å²) in [5.41, 5.74) is 7.43. The first-order valence-electron chi connectivity index (χ1n) is 5.60. The van der Waals surface area contributed by atoms with Gasteiger partial charge in [-0.2, -0.15) is 0 Å². The summed E-state index contributed by atoms with van der Waals surface area (Å²) in [6.07, 6.45) is 0. The Bertz CT molecular complexity index is 643. The van der Waals surface area contributed by atoms with E-state index in [1.807, 2.05) is 0 Å². The number of hydrogen-bond acceptors (Lipinski definition) is 2. The highest BCUT2D eigenvalue weighted by Crippen LogP contribution is 2.24. The quantitative estimate of drug-likeness (QED) is 0.824. The number of hydrogen-bond donors (Lipinski definition) is 2. The molecular formula is C14H12ClFN2O. The zero-order chi connectivity index (χ0) is 14.0. The Labute approximate surface area is 115 Å². The Hall–Kier alpha value is -2.07. The summed E-state index contributed by atoms with van der Waals surface area (Å²) in [6.45, 7) is 1.71. The summed E-state index contributed by atoms with van der Waals surface area (Å²) < 4.78 is 13.0. The second kappa shape index (κ2) is 5.28. The Morgan fingerprint density at radius 3 is 2.74 bits per heavy atom. The number of amides is 1. The van der Waals surface area contributed by atoms with Crippen LogP contribution in [0.15, 0.2) is 36.4 Å². The second-order valence-electron chi connectivity index (χ2n) is 4.12. The zero-order valence-electron chi connectivity index (χ0n) is 10.2. The molecule has 0 saturated heterocycles. The molecule has 0 fully saturated rings. The van der Waals surface area contributed by atoms with Gasteiger partial charge in [0.2, 0.25) is 0 Å². The zero-order valence-corrected chi connectivity index (χ0v) is 11.0. The molecule has 5 heteroatoms. The highest BCUT2D eigenvalue weighted by molar-refractivity contribution is 6.36. The lowest BCUT2D eigenvalue weighted by Gasteiger charge is -2.10. The fraction of sp³-hybridized carbons (Fsp3) is 0.0714. The molecule has 1 amide bonds. The molecule has 0 aliphatic carbocycles. The van der Waals surface area contributed by atoms with Crippen LogP contribution in [0.5, 0.6) is 0 Å². The molecule has 2 rings (SSSR count). The van der Waals surface area contributed by atoms with Gasteiger partial charge in [0.05, 0.1) is 16.3 Å². The van der Waals surface area contributed by atoms with E-state index in [9.17, 15) is 9.18 Å². The van der Waals surface area contributed by atoms with Crippen LogP contribution in [0.1, 0.15) is 15.9 Å². The van der Waals surface area contributed by atoms with Crippen LogP contribution >= 0.6 is 11.6 Å². The smallest absolute Gasteiger partial charge is 0.257 e. The standard InChI is InChI=1S/C14H12ClFN2O/c1-8-7-9(16)5-6-12(8)18-14(19)10-3-2-4-11(17)13(10)15/h2-7H,17H2,1H3,(H,18,19). The lowest BCUT2D eigenvalue weighted by molar-refractivity contribution is 0.102. The van der Waals surface area contributed by atoms with Crippen molar-refractivity contribution in [1.29, 1.82) is 0 Å². The van der Waals surface area contributed by atoms with Crippen LogP contribution in [0.2, 0.25) is 5.02 Å². The van der Waals surface area contributed by atoms with Crippen molar-refractivity contribution >= 4 is 28.9 Å². The lowest BCUT2D eigenvalue weighted by Crippen LogP contribution is -2.14. The Balaban J connectivity index is 2.28. The van der Waals surface area contributed by atoms with Gasteiger partial charge in [-0.1, -0.05) is 17.7 Å². The van der Waals surface area contributed by atoms with Gasteiger partial charge in [-0.25, -0.2) is 4.39 Å². The Morgan fingerprint density at radius 2 is 2.05 bits per heavy atom. The van der Waals surface area contributed by atoms with Gasteiger partial charge in [0.25, 0.3) is 5.91 Å². The van der Waals surface area contributed by atoms with Crippen LogP contribution in [0.4, 0.5) is 15.8 Å². The lowest BCUT2D eigenvalue weighted by atomic mass is 10.1. The van der Waals surface area contributed by atoms with Crippen LogP contribution in [0.3, 0.4) is 0 Å². The highest BCUT2D eigenvalue weighted by Gasteiger charge is 2.13. The molecule has 0 bridgehead atoms. The van der Waals surface area contributed by atoms with E-state index in [1.54, 1.807) is 25.1 Å². The third kappa shape index (κ3) is 2.85. The van der Waals surface area contributed by atoms with E-state index in [4.69, 9.17) is 17.3 Å². The molecule has 0 saturated carbocycles. The van der Waals surface area contributed by atoms with Crippen LogP contribution in [-0.4, -0.2) is 5.91 Å². The number of nitrogen functional groups attached to an aromatic ring is 1. The summed E-state index contributed by atoms with van der Waals surface area (Å²) in [4.78, 5) is 12.1. The largest absolute Gasteiger partial charge is 0.398 e. The van der Waals surface area contributed by atoms with Crippen molar-refractivity contribution in [3.63, 3.8) is 0 Å². The van der Waals surface area contributed by atoms with E-state index in [2.05, 4.69) is 5.32 Å².